The SMILES string of the molecule is O=P(O)(O)O.O=P(O)(O)O.O=P(O)(O)OC1[C@@H](O)[C@H](O)C(O)[C@H](O)[C@H]1O. The molecule has 0 aromatic carbocycles. The van der Waals surface area contributed by atoms with Crippen LogP contribution in [-0.4, -0.2) is 101 Å². The fraction of sp³-hybridized carbons (Fsp3) is 1.00. The van der Waals surface area contributed by atoms with Gasteiger partial charge in [-0.2, -0.15) is 0 Å². The topological polar surface area (TPSA) is 323 Å². The summed E-state index contributed by atoms with van der Waals surface area (Å²) in [5.41, 5.74) is 0. The summed E-state index contributed by atoms with van der Waals surface area (Å²) in [6.07, 6.45) is -11.3. The Bertz CT molecular complexity index is 494. The van der Waals surface area contributed by atoms with Crippen molar-refractivity contribution in [3.8, 4) is 0 Å². The largest absolute Gasteiger partial charge is 0.470 e. The van der Waals surface area contributed by atoms with E-state index in [1.807, 2.05) is 0 Å². The molecule has 0 aromatic rings. The average molecular weight is 456 g/mol. The van der Waals surface area contributed by atoms with E-state index >= 15 is 0 Å². The van der Waals surface area contributed by atoms with Crippen molar-refractivity contribution in [3.63, 3.8) is 0 Å². The maximum absolute atomic E-state index is 10.5. The highest BCUT2D eigenvalue weighted by atomic mass is 31.2. The third kappa shape index (κ3) is 15.2. The molecule has 160 valence electrons. The van der Waals surface area contributed by atoms with Crippen LogP contribution in [0.1, 0.15) is 0 Å². The third-order valence-electron chi connectivity index (χ3n) is 2.33. The van der Waals surface area contributed by atoms with Gasteiger partial charge in [0.25, 0.3) is 0 Å². The fourth-order valence-corrected chi connectivity index (χ4v) is 2.05. The van der Waals surface area contributed by atoms with Crippen LogP contribution >= 0.6 is 23.5 Å². The molecular formula is C6H19O17P3. The van der Waals surface area contributed by atoms with Gasteiger partial charge in [-0.15, -0.1) is 0 Å². The van der Waals surface area contributed by atoms with Crippen molar-refractivity contribution in [2.45, 2.75) is 36.6 Å². The fourth-order valence-electron chi connectivity index (χ4n) is 1.48. The number of phosphoric acid groups is 3. The molecule has 6 atom stereocenters. The first-order valence-corrected chi connectivity index (χ1v) is 10.5. The summed E-state index contributed by atoms with van der Waals surface area (Å²) in [5.74, 6) is 0. The number of hydrogen-bond donors (Lipinski definition) is 13. The summed E-state index contributed by atoms with van der Waals surface area (Å²) in [4.78, 5) is 60.1. The van der Waals surface area contributed by atoms with Crippen LogP contribution in [0.3, 0.4) is 0 Å². The van der Waals surface area contributed by atoms with Crippen molar-refractivity contribution in [3.05, 3.63) is 0 Å². The Morgan fingerprint density at radius 3 is 0.885 bits per heavy atom. The summed E-state index contributed by atoms with van der Waals surface area (Å²) < 4.78 is 32.3. The minimum absolute atomic E-state index is 1.83. The zero-order valence-corrected chi connectivity index (χ0v) is 14.9. The first-order valence-electron chi connectivity index (χ1n) is 5.86. The molecule has 0 aromatic heterocycles. The number of rotatable bonds is 2. The lowest BCUT2D eigenvalue weighted by Gasteiger charge is -2.41. The van der Waals surface area contributed by atoms with Gasteiger partial charge in [0.2, 0.25) is 0 Å². The highest BCUT2D eigenvalue weighted by Crippen LogP contribution is 2.41. The predicted octanol–water partition coefficient (Wildman–Crippen LogP) is -5.57. The van der Waals surface area contributed by atoms with Crippen LogP contribution in [0.15, 0.2) is 0 Å². The second-order valence-corrected chi connectivity index (χ2v) is 7.79. The summed E-state index contributed by atoms with van der Waals surface area (Å²) in [7, 11) is -14.3. The number of phosphoric ester groups is 1. The monoisotopic (exact) mass is 456 g/mol. The molecule has 0 saturated heterocycles. The maximum atomic E-state index is 10.5. The molecule has 13 N–H and O–H groups in total. The molecule has 17 nitrogen and oxygen atoms in total. The molecule has 0 amide bonds. The summed E-state index contributed by atoms with van der Waals surface area (Å²) in [6.45, 7) is 0. The second kappa shape index (κ2) is 10.6. The molecule has 1 aliphatic carbocycles. The van der Waals surface area contributed by atoms with E-state index < -0.39 is 60.1 Å². The van der Waals surface area contributed by atoms with Gasteiger partial charge in [0.1, 0.15) is 36.6 Å². The number of hydrogen-bond acceptors (Lipinski definition) is 9. The predicted molar refractivity (Wildman–Crippen MR) is 75.5 cm³/mol. The van der Waals surface area contributed by atoms with Crippen molar-refractivity contribution in [1.29, 1.82) is 0 Å². The molecule has 2 unspecified atom stereocenters. The van der Waals surface area contributed by atoms with Crippen LogP contribution in [0.25, 0.3) is 0 Å². The Morgan fingerprint density at radius 1 is 0.500 bits per heavy atom. The molecule has 0 bridgehead atoms. The average Bonchev–Trinajstić information content (AvgIpc) is 2.34. The van der Waals surface area contributed by atoms with Crippen LogP contribution in [0.5, 0.6) is 0 Å². The van der Waals surface area contributed by atoms with Crippen LogP contribution < -0.4 is 0 Å². The molecule has 0 spiro atoms. The van der Waals surface area contributed by atoms with E-state index in [0.29, 0.717) is 0 Å². The standard InChI is InChI=1S/C6H13O9P.2H3O4P/c7-1-2(8)4(10)6(5(11)3(1)9)15-16(12,13)14;2*1-5(2,3)4/h1-11H,(H2,12,13,14);2*(H3,1,2,3,4)/t1?,2-,3+,4+,5-,6?;;. The molecule has 0 radical (unpaired) electrons. The lowest BCUT2D eigenvalue weighted by atomic mass is 9.85. The van der Waals surface area contributed by atoms with Gasteiger partial charge >= 0.3 is 23.5 Å². The highest BCUT2D eigenvalue weighted by Gasteiger charge is 2.50. The van der Waals surface area contributed by atoms with Crippen molar-refractivity contribution in [1.82, 2.24) is 0 Å². The molecule has 0 heterocycles. The Kier molecular flexibility index (Phi) is 11.6. The Balaban J connectivity index is 0. The van der Waals surface area contributed by atoms with Crippen LogP contribution in [-0.2, 0) is 18.2 Å². The van der Waals surface area contributed by atoms with Gasteiger partial charge in [-0.05, 0) is 0 Å². The second-order valence-electron chi connectivity index (χ2n) is 4.54. The summed E-state index contributed by atoms with van der Waals surface area (Å²) in [6, 6.07) is 0. The Morgan fingerprint density at radius 2 is 0.692 bits per heavy atom. The quantitative estimate of drug-likeness (QED) is 0.172. The zero-order valence-electron chi connectivity index (χ0n) is 12.3. The summed E-state index contributed by atoms with van der Waals surface area (Å²) in [5, 5.41) is 46.1. The highest BCUT2D eigenvalue weighted by molar-refractivity contribution is 7.46. The van der Waals surface area contributed by atoms with Crippen molar-refractivity contribution in [2.75, 3.05) is 0 Å². The van der Waals surface area contributed by atoms with Gasteiger partial charge in [-0.3, -0.25) is 4.52 Å². The lowest BCUT2D eigenvalue weighted by Crippen LogP contribution is -2.64. The summed E-state index contributed by atoms with van der Waals surface area (Å²) >= 11 is 0. The molecule has 26 heavy (non-hydrogen) atoms. The van der Waals surface area contributed by atoms with Gasteiger partial charge in [0.15, 0.2) is 0 Å². The molecule has 20 heteroatoms. The van der Waals surface area contributed by atoms with E-state index in [1.165, 1.54) is 0 Å². The van der Waals surface area contributed by atoms with Crippen molar-refractivity contribution >= 4 is 23.5 Å². The minimum atomic E-state index is -5.01. The van der Waals surface area contributed by atoms with E-state index in [9.17, 15) is 25.0 Å². The first kappa shape index (κ1) is 28.3. The van der Waals surface area contributed by atoms with Crippen molar-refractivity contribution in [2.24, 2.45) is 0 Å². The van der Waals surface area contributed by atoms with E-state index in [0.717, 1.165) is 0 Å². The van der Waals surface area contributed by atoms with Gasteiger partial charge in [0.05, 0.1) is 0 Å². The van der Waals surface area contributed by atoms with E-state index in [1.54, 1.807) is 0 Å². The zero-order chi connectivity index (χ0) is 21.7. The molecule has 1 rings (SSSR count). The maximum Gasteiger partial charge on any atom is 0.470 e. The van der Waals surface area contributed by atoms with E-state index in [2.05, 4.69) is 4.52 Å². The normalized spacial score (nSPS) is 32.7. The molecule has 1 aliphatic rings. The van der Waals surface area contributed by atoms with Crippen LogP contribution in [0.2, 0.25) is 0 Å². The molecule has 1 saturated carbocycles. The lowest BCUT2D eigenvalue weighted by molar-refractivity contribution is -0.219. The van der Waals surface area contributed by atoms with Gasteiger partial charge < -0.3 is 64.7 Å². The van der Waals surface area contributed by atoms with E-state index in [-0.39, 0.29) is 0 Å². The molecule has 1 fully saturated rings. The minimum Gasteiger partial charge on any atom is -0.387 e. The van der Waals surface area contributed by atoms with Crippen LogP contribution in [0, 0.1) is 0 Å². The van der Waals surface area contributed by atoms with Gasteiger partial charge in [0, 0.05) is 0 Å². The van der Waals surface area contributed by atoms with E-state index in [4.69, 9.17) is 53.4 Å². The first-order chi connectivity index (χ1) is 11.1. The van der Waals surface area contributed by atoms with Crippen molar-refractivity contribution < 1.29 is 82.9 Å². The number of aliphatic hydroxyl groups is 5. The molecular weight excluding hydrogens is 437 g/mol. The smallest absolute Gasteiger partial charge is 0.387 e. The Hall–Kier alpha value is 0.130. The number of aliphatic hydroxyl groups excluding tert-OH is 5. The Labute approximate surface area is 144 Å². The van der Waals surface area contributed by atoms with Crippen LogP contribution in [0.4, 0.5) is 0 Å². The van der Waals surface area contributed by atoms with Gasteiger partial charge in [-0.1, -0.05) is 0 Å². The van der Waals surface area contributed by atoms with Gasteiger partial charge in [-0.25, -0.2) is 13.7 Å². The third-order valence-corrected chi connectivity index (χ3v) is 2.85. The molecule has 0 aliphatic heterocycles.